The van der Waals surface area contributed by atoms with E-state index in [2.05, 4.69) is 4.98 Å². The van der Waals surface area contributed by atoms with Crippen molar-refractivity contribution in [2.24, 2.45) is 0 Å². The molecule has 1 aromatic heterocycles. The van der Waals surface area contributed by atoms with Crippen molar-refractivity contribution in [1.82, 2.24) is 4.98 Å². The number of ketones is 2. The van der Waals surface area contributed by atoms with Gasteiger partial charge in [-0.1, -0.05) is 41.4 Å². The molecule has 0 saturated heterocycles. The molecule has 3 aromatic rings. The summed E-state index contributed by atoms with van der Waals surface area (Å²) in [6, 6.07) is 14.6. The zero-order chi connectivity index (χ0) is 18.1. The van der Waals surface area contributed by atoms with E-state index in [0.29, 0.717) is 33.1 Å². The Bertz CT molecular complexity index is 951. The monoisotopic (exact) mass is 351 g/mol. The minimum absolute atomic E-state index is 0.135. The lowest BCUT2D eigenvalue weighted by atomic mass is 9.94. The number of carbonyl (C=O) groups excluding carboxylic acids is 2. The third-order valence-electron chi connectivity index (χ3n) is 4.21. The van der Waals surface area contributed by atoms with Crippen LogP contribution in [-0.4, -0.2) is 16.6 Å². The van der Waals surface area contributed by atoms with Crippen LogP contribution in [0.15, 0.2) is 48.5 Å². The number of hydrogen-bond donors (Lipinski definition) is 1. The van der Waals surface area contributed by atoms with Gasteiger partial charge >= 0.3 is 0 Å². The molecule has 0 saturated carbocycles. The standard InChI is InChI=1S/C21H18ClNO2/c1-12-4-6-15(7-5-12)20-19(18(14(3)24)13(2)23-20)21(25)16-8-10-17(22)11-9-16/h4-11,23H,1-3H3. The van der Waals surface area contributed by atoms with Crippen LogP contribution in [0.25, 0.3) is 11.3 Å². The van der Waals surface area contributed by atoms with E-state index >= 15 is 0 Å². The van der Waals surface area contributed by atoms with E-state index in [0.717, 1.165) is 11.1 Å². The van der Waals surface area contributed by atoms with Crippen LogP contribution in [0.5, 0.6) is 0 Å². The van der Waals surface area contributed by atoms with Crippen molar-refractivity contribution >= 4 is 23.2 Å². The van der Waals surface area contributed by atoms with Gasteiger partial charge < -0.3 is 4.98 Å². The third-order valence-corrected chi connectivity index (χ3v) is 4.47. The summed E-state index contributed by atoms with van der Waals surface area (Å²) in [7, 11) is 0. The van der Waals surface area contributed by atoms with E-state index < -0.39 is 0 Å². The van der Waals surface area contributed by atoms with Gasteiger partial charge in [0, 0.05) is 21.8 Å². The zero-order valence-corrected chi connectivity index (χ0v) is 15.1. The Hall–Kier alpha value is -2.65. The molecule has 25 heavy (non-hydrogen) atoms. The molecule has 0 radical (unpaired) electrons. The van der Waals surface area contributed by atoms with Crippen LogP contribution < -0.4 is 0 Å². The molecule has 0 amide bonds. The summed E-state index contributed by atoms with van der Waals surface area (Å²) < 4.78 is 0. The quantitative estimate of drug-likeness (QED) is 0.641. The molecule has 0 bridgehead atoms. The van der Waals surface area contributed by atoms with E-state index in [4.69, 9.17) is 11.6 Å². The summed E-state index contributed by atoms with van der Waals surface area (Å²) in [4.78, 5) is 28.5. The highest BCUT2D eigenvalue weighted by Gasteiger charge is 2.25. The smallest absolute Gasteiger partial charge is 0.195 e. The first-order chi connectivity index (χ1) is 11.9. The van der Waals surface area contributed by atoms with E-state index in [1.54, 1.807) is 24.3 Å². The fraction of sp³-hybridized carbons (Fsp3) is 0.143. The molecule has 2 aromatic carbocycles. The van der Waals surface area contributed by atoms with E-state index in [9.17, 15) is 9.59 Å². The molecular weight excluding hydrogens is 334 g/mol. The Labute approximate surface area is 151 Å². The van der Waals surface area contributed by atoms with Crippen LogP contribution in [0.2, 0.25) is 5.02 Å². The van der Waals surface area contributed by atoms with Crippen LogP contribution in [0, 0.1) is 13.8 Å². The Morgan fingerprint density at radius 1 is 0.880 bits per heavy atom. The molecule has 3 nitrogen and oxygen atoms in total. The summed E-state index contributed by atoms with van der Waals surface area (Å²) in [5, 5.41) is 0.562. The summed E-state index contributed by atoms with van der Waals surface area (Å²) in [6.45, 7) is 5.30. The number of aromatic amines is 1. The van der Waals surface area contributed by atoms with Crippen molar-refractivity contribution in [1.29, 1.82) is 0 Å². The molecule has 0 fully saturated rings. The van der Waals surface area contributed by atoms with Crippen molar-refractivity contribution in [2.45, 2.75) is 20.8 Å². The summed E-state index contributed by atoms with van der Waals surface area (Å²) in [5.74, 6) is -0.328. The number of benzene rings is 2. The SMILES string of the molecule is CC(=O)c1c(C)[nH]c(-c2ccc(C)cc2)c1C(=O)c1ccc(Cl)cc1. The number of rotatable bonds is 4. The second-order valence-corrected chi connectivity index (χ2v) is 6.57. The van der Waals surface area contributed by atoms with Gasteiger partial charge in [-0.15, -0.1) is 0 Å². The number of H-pyrrole nitrogens is 1. The molecule has 0 aliphatic heterocycles. The van der Waals surface area contributed by atoms with Crippen molar-refractivity contribution in [3.63, 3.8) is 0 Å². The first-order valence-corrected chi connectivity index (χ1v) is 8.37. The fourth-order valence-electron chi connectivity index (χ4n) is 2.97. The van der Waals surface area contributed by atoms with Gasteiger partial charge in [-0.25, -0.2) is 0 Å². The highest BCUT2D eigenvalue weighted by molar-refractivity contribution is 6.30. The maximum Gasteiger partial charge on any atom is 0.195 e. The first kappa shape index (κ1) is 17.2. The van der Waals surface area contributed by atoms with Crippen LogP contribution in [-0.2, 0) is 0 Å². The summed E-state index contributed by atoms with van der Waals surface area (Å²) >= 11 is 5.92. The van der Waals surface area contributed by atoms with Crippen molar-refractivity contribution in [3.05, 3.63) is 81.5 Å². The lowest BCUT2D eigenvalue weighted by Crippen LogP contribution is -2.08. The number of aromatic nitrogens is 1. The predicted molar refractivity (Wildman–Crippen MR) is 101 cm³/mol. The molecule has 0 aliphatic carbocycles. The number of Topliss-reactive ketones (excluding diaryl/α,β-unsaturated/α-hetero) is 1. The van der Waals surface area contributed by atoms with Gasteiger partial charge in [-0.3, -0.25) is 9.59 Å². The highest BCUT2D eigenvalue weighted by atomic mass is 35.5. The average molecular weight is 352 g/mol. The molecule has 0 unspecified atom stereocenters. The van der Waals surface area contributed by atoms with Crippen LogP contribution in [0.1, 0.15) is 44.5 Å². The molecule has 126 valence electrons. The van der Waals surface area contributed by atoms with Crippen molar-refractivity contribution in [3.8, 4) is 11.3 Å². The Kier molecular flexibility index (Phi) is 4.60. The number of aryl methyl sites for hydroxylation is 2. The van der Waals surface area contributed by atoms with Crippen molar-refractivity contribution in [2.75, 3.05) is 0 Å². The first-order valence-electron chi connectivity index (χ1n) is 7.99. The van der Waals surface area contributed by atoms with Crippen LogP contribution in [0.4, 0.5) is 0 Å². The van der Waals surface area contributed by atoms with E-state index in [1.165, 1.54) is 6.92 Å². The second kappa shape index (κ2) is 6.69. The van der Waals surface area contributed by atoms with Crippen LogP contribution in [0.3, 0.4) is 0 Å². The zero-order valence-electron chi connectivity index (χ0n) is 14.3. The molecule has 0 spiro atoms. The van der Waals surface area contributed by atoms with E-state index in [1.807, 2.05) is 38.1 Å². The number of hydrogen-bond acceptors (Lipinski definition) is 2. The lowest BCUT2D eigenvalue weighted by Gasteiger charge is -2.07. The lowest BCUT2D eigenvalue weighted by molar-refractivity contribution is 0.0991. The molecule has 0 atom stereocenters. The average Bonchev–Trinajstić information content (AvgIpc) is 2.93. The predicted octanol–water partition coefficient (Wildman–Crippen LogP) is 5.39. The Balaban J connectivity index is 2.22. The van der Waals surface area contributed by atoms with Gasteiger partial charge in [-0.2, -0.15) is 0 Å². The summed E-state index contributed by atoms with van der Waals surface area (Å²) in [6.07, 6.45) is 0. The Morgan fingerprint density at radius 3 is 2.04 bits per heavy atom. The van der Waals surface area contributed by atoms with Gasteiger partial charge in [0.1, 0.15) is 0 Å². The number of nitrogens with one attached hydrogen (secondary N) is 1. The minimum Gasteiger partial charge on any atom is -0.357 e. The van der Waals surface area contributed by atoms with E-state index in [-0.39, 0.29) is 11.6 Å². The van der Waals surface area contributed by atoms with Gasteiger partial charge in [0.15, 0.2) is 11.6 Å². The number of halogens is 1. The van der Waals surface area contributed by atoms with Gasteiger partial charge in [0.2, 0.25) is 0 Å². The molecule has 4 heteroatoms. The molecular formula is C21H18ClNO2. The molecule has 3 rings (SSSR count). The maximum atomic E-state index is 13.1. The Morgan fingerprint density at radius 2 is 1.48 bits per heavy atom. The summed E-state index contributed by atoms with van der Waals surface area (Å²) in [5.41, 5.74) is 4.72. The van der Waals surface area contributed by atoms with Gasteiger partial charge in [0.05, 0.1) is 11.3 Å². The fourth-order valence-corrected chi connectivity index (χ4v) is 3.10. The van der Waals surface area contributed by atoms with Gasteiger partial charge in [-0.05, 0) is 50.6 Å². The van der Waals surface area contributed by atoms with Crippen LogP contribution >= 0.6 is 11.6 Å². The molecule has 0 aliphatic rings. The highest BCUT2D eigenvalue weighted by Crippen LogP contribution is 2.31. The second-order valence-electron chi connectivity index (χ2n) is 6.13. The number of carbonyl (C=O) groups is 2. The molecule has 1 heterocycles. The van der Waals surface area contributed by atoms with Gasteiger partial charge in [0.25, 0.3) is 0 Å². The normalized spacial score (nSPS) is 10.7. The third kappa shape index (κ3) is 3.28. The molecule has 1 N–H and O–H groups in total. The maximum absolute atomic E-state index is 13.1. The largest absolute Gasteiger partial charge is 0.357 e. The topological polar surface area (TPSA) is 49.9 Å². The minimum atomic E-state index is -0.193. The van der Waals surface area contributed by atoms with Crippen molar-refractivity contribution < 1.29 is 9.59 Å².